The first-order valence-corrected chi connectivity index (χ1v) is 8.90. The number of ether oxygens (including phenoxy) is 1. The molecule has 0 radical (unpaired) electrons. The molecule has 5 heteroatoms. The predicted molar refractivity (Wildman–Crippen MR) is 103 cm³/mol. The van der Waals surface area contributed by atoms with Crippen LogP contribution in [0, 0.1) is 6.92 Å². The normalized spacial score (nSPS) is 11.4. The minimum absolute atomic E-state index is 0.444. The summed E-state index contributed by atoms with van der Waals surface area (Å²) in [6.07, 6.45) is 1.04. The third-order valence-corrected chi connectivity index (χ3v) is 4.46. The zero-order valence-electron chi connectivity index (χ0n) is 15.0. The van der Waals surface area contributed by atoms with Gasteiger partial charge in [-0.15, -0.1) is 0 Å². The Bertz CT molecular complexity index is 857. The predicted octanol–water partition coefficient (Wildman–Crippen LogP) is 4.53. The van der Waals surface area contributed by atoms with Crippen molar-refractivity contribution in [2.45, 2.75) is 26.5 Å². The van der Waals surface area contributed by atoms with Crippen LogP contribution < -0.4 is 4.74 Å². The van der Waals surface area contributed by atoms with Gasteiger partial charge in [0.15, 0.2) is 0 Å². The van der Waals surface area contributed by atoms with Crippen molar-refractivity contribution in [2.75, 3.05) is 20.6 Å². The van der Waals surface area contributed by atoms with Crippen LogP contribution in [0.5, 0.6) is 5.75 Å². The van der Waals surface area contributed by atoms with E-state index in [-0.39, 0.29) is 0 Å². The smallest absolute Gasteiger partial charge is 0.147 e. The molecule has 0 spiro atoms. The van der Waals surface area contributed by atoms with Gasteiger partial charge in [0.2, 0.25) is 0 Å². The Balaban J connectivity index is 1.86. The fourth-order valence-corrected chi connectivity index (χ4v) is 3.08. The number of halogens is 1. The van der Waals surface area contributed by atoms with Crippen LogP contribution in [-0.4, -0.2) is 35.1 Å². The molecule has 1 heterocycles. The number of hydrogen-bond acceptors (Lipinski definition) is 3. The molecule has 0 amide bonds. The van der Waals surface area contributed by atoms with E-state index >= 15 is 0 Å². The first-order chi connectivity index (χ1) is 12.0. The number of imidazole rings is 1. The largest absolute Gasteiger partial charge is 0.485 e. The lowest BCUT2D eigenvalue weighted by Gasteiger charge is -2.13. The van der Waals surface area contributed by atoms with E-state index in [9.17, 15) is 0 Å². The minimum Gasteiger partial charge on any atom is -0.485 e. The van der Waals surface area contributed by atoms with Gasteiger partial charge in [-0.2, -0.15) is 0 Å². The van der Waals surface area contributed by atoms with Crippen molar-refractivity contribution in [3.63, 3.8) is 0 Å². The summed E-state index contributed by atoms with van der Waals surface area (Å²) in [4.78, 5) is 6.95. The molecule has 0 atom stereocenters. The Kier molecular flexibility index (Phi) is 5.61. The van der Waals surface area contributed by atoms with Gasteiger partial charge in [-0.25, -0.2) is 4.98 Å². The average Bonchev–Trinajstić information content (AvgIpc) is 2.91. The lowest BCUT2D eigenvalue weighted by atomic mass is 10.2. The van der Waals surface area contributed by atoms with Gasteiger partial charge < -0.3 is 14.2 Å². The molecule has 0 N–H and O–H groups in total. The van der Waals surface area contributed by atoms with Crippen LogP contribution in [0.25, 0.3) is 11.0 Å². The van der Waals surface area contributed by atoms with Gasteiger partial charge in [0, 0.05) is 11.6 Å². The van der Waals surface area contributed by atoms with E-state index in [4.69, 9.17) is 21.3 Å². The molecule has 0 aliphatic rings. The molecule has 1 aromatic heterocycles. The molecule has 2 aromatic carbocycles. The fourth-order valence-electron chi connectivity index (χ4n) is 2.91. The maximum absolute atomic E-state index is 6.20. The number of fused-ring (bicyclic) bond motifs is 1. The highest BCUT2D eigenvalue weighted by molar-refractivity contribution is 6.31. The van der Waals surface area contributed by atoms with E-state index in [0.29, 0.717) is 6.61 Å². The van der Waals surface area contributed by atoms with Crippen molar-refractivity contribution in [2.24, 2.45) is 0 Å². The first-order valence-electron chi connectivity index (χ1n) is 8.52. The van der Waals surface area contributed by atoms with Crippen LogP contribution in [0.3, 0.4) is 0 Å². The highest BCUT2D eigenvalue weighted by atomic mass is 35.5. The molecule has 25 heavy (non-hydrogen) atoms. The van der Waals surface area contributed by atoms with E-state index in [2.05, 4.69) is 36.6 Å². The molecule has 4 nitrogen and oxygen atoms in total. The monoisotopic (exact) mass is 357 g/mol. The van der Waals surface area contributed by atoms with Crippen LogP contribution in [0.4, 0.5) is 0 Å². The number of nitrogens with zero attached hydrogens (tertiary/aromatic N) is 3. The van der Waals surface area contributed by atoms with E-state index in [1.807, 2.05) is 36.4 Å². The summed E-state index contributed by atoms with van der Waals surface area (Å²) < 4.78 is 8.25. The fraction of sp³-hybridized carbons (Fsp3) is 0.350. The second-order valence-electron chi connectivity index (χ2n) is 6.52. The topological polar surface area (TPSA) is 30.3 Å². The molecule has 0 aliphatic heterocycles. The molecular weight excluding hydrogens is 334 g/mol. The lowest BCUT2D eigenvalue weighted by molar-refractivity contribution is 0.286. The summed E-state index contributed by atoms with van der Waals surface area (Å²) in [6, 6.07) is 13.9. The van der Waals surface area contributed by atoms with E-state index in [1.165, 1.54) is 0 Å². The minimum atomic E-state index is 0.444. The summed E-state index contributed by atoms with van der Waals surface area (Å²) in [5.74, 6) is 1.83. The van der Waals surface area contributed by atoms with Gasteiger partial charge in [0.25, 0.3) is 0 Å². The van der Waals surface area contributed by atoms with E-state index in [1.54, 1.807) is 0 Å². The molecule has 0 saturated heterocycles. The molecule has 132 valence electrons. The van der Waals surface area contributed by atoms with Gasteiger partial charge in [0.1, 0.15) is 18.2 Å². The van der Waals surface area contributed by atoms with Crippen LogP contribution >= 0.6 is 11.6 Å². The van der Waals surface area contributed by atoms with Crippen molar-refractivity contribution < 1.29 is 4.74 Å². The van der Waals surface area contributed by atoms with Gasteiger partial charge in [0.05, 0.1) is 11.0 Å². The molecule has 0 bridgehead atoms. The Morgan fingerprint density at radius 2 is 1.96 bits per heavy atom. The second kappa shape index (κ2) is 7.89. The number of para-hydroxylation sites is 1. The van der Waals surface area contributed by atoms with Gasteiger partial charge in [-0.1, -0.05) is 29.8 Å². The van der Waals surface area contributed by atoms with Crippen molar-refractivity contribution in [1.29, 1.82) is 0 Å². The summed E-state index contributed by atoms with van der Waals surface area (Å²) in [6.45, 7) is 4.41. The van der Waals surface area contributed by atoms with Crippen LogP contribution in [0.2, 0.25) is 5.02 Å². The molecule has 3 rings (SSSR count). The third kappa shape index (κ3) is 4.33. The highest BCUT2D eigenvalue weighted by Gasteiger charge is 2.12. The number of aryl methyl sites for hydroxylation is 2. The number of hydrogen-bond donors (Lipinski definition) is 0. The zero-order valence-corrected chi connectivity index (χ0v) is 15.8. The van der Waals surface area contributed by atoms with Gasteiger partial charge >= 0.3 is 0 Å². The first kappa shape index (κ1) is 17.8. The summed E-state index contributed by atoms with van der Waals surface area (Å²) in [5, 5.41) is 0.729. The summed E-state index contributed by atoms with van der Waals surface area (Å²) in [5.41, 5.74) is 3.15. The standard InChI is InChI=1S/C20H24ClN3O/c1-15-7-4-5-8-19(15)25-14-20-22-17-10-9-16(21)13-18(17)24(20)12-6-11-23(2)3/h4-5,7-10,13H,6,11-12,14H2,1-3H3. The molecular formula is C20H24ClN3O. The number of rotatable bonds is 7. The molecule has 0 saturated carbocycles. The SMILES string of the molecule is Cc1ccccc1OCc1nc2ccc(Cl)cc2n1CCCN(C)C. The van der Waals surface area contributed by atoms with E-state index < -0.39 is 0 Å². The maximum Gasteiger partial charge on any atom is 0.147 e. The maximum atomic E-state index is 6.20. The summed E-state index contributed by atoms with van der Waals surface area (Å²) >= 11 is 6.20. The summed E-state index contributed by atoms with van der Waals surface area (Å²) in [7, 11) is 4.18. The highest BCUT2D eigenvalue weighted by Crippen LogP contribution is 2.23. The molecule has 3 aromatic rings. The Morgan fingerprint density at radius 3 is 2.72 bits per heavy atom. The zero-order chi connectivity index (χ0) is 17.8. The number of aromatic nitrogens is 2. The van der Waals surface area contributed by atoms with E-state index in [0.717, 1.165) is 52.7 Å². The van der Waals surface area contributed by atoms with Crippen LogP contribution in [0.15, 0.2) is 42.5 Å². The van der Waals surface area contributed by atoms with Crippen molar-refractivity contribution in [3.05, 3.63) is 58.9 Å². The quantitative estimate of drug-likeness (QED) is 0.622. The Labute approximate surface area is 154 Å². The molecule has 0 fully saturated rings. The van der Waals surface area contributed by atoms with Crippen LogP contribution in [-0.2, 0) is 13.2 Å². The Morgan fingerprint density at radius 1 is 1.16 bits per heavy atom. The van der Waals surface area contributed by atoms with Crippen LogP contribution in [0.1, 0.15) is 17.8 Å². The molecule has 0 aliphatic carbocycles. The lowest BCUT2D eigenvalue weighted by Crippen LogP contribution is -2.16. The van der Waals surface area contributed by atoms with Gasteiger partial charge in [-0.05, 0) is 63.8 Å². The van der Waals surface area contributed by atoms with Crippen molar-refractivity contribution in [1.82, 2.24) is 14.5 Å². The second-order valence-corrected chi connectivity index (χ2v) is 6.96. The average molecular weight is 358 g/mol. The Hall–Kier alpha value is -2.04. The van der Waals surface area contributed by atoms with Gasteiger partial charge in [-0.3, -0.25) is 0 Å². The number of benzene rings is 2. The molecule has 0 unspecified atom stereocenters. The third-order valence-electron chi connectivity index (χ3n) is 4.23. The van der Waals surface area contributed by atoms with Crippen molar-refractivity contribution >= 4 is 22.6 Å². The van der Waals surface area contributed by atoms with Crippen molar-refractivity contribution in [3.8, 4) is 5.75 Å².